The Balaban J connectivity index is 1.91. The molecule has 2 fully saturated rings. The SMILES string of the molecule is CC(C)(C)OC(=O)N1CCCC2(CN(N)C2)C1. The van der Waals surface area contributed by atoms with Crippen LogP contribution in [0.2, 0.25) is 0 Å². The van der Waals surface area contributed by atoms with Gasteiger partial charge in [0, 0.05) is 31.6 Å². The van der Waals surface area contributed by atoms with Crippen LogP contribution in [0.25, 0.3) is 0 Å². The molecule has 2 heterocycles. The number of ether oxygens (including phenoxy) is 1. The van der Waals surface area contributed by atoms with Crippen LogP contribution >= 0.6 is 0 Å². The van der Waals surface area contributed by atoms with Gasteiger partial charge in [0.25, 0.3) is 0 Å². The monoisotopic (exact) mass is 241 g/mol. The van der Waals surface area contributed by atoms with E-state index in [4.69, 9.17) is 10.6 Å². The minimum absolute atomic E-state index is 0.188. The van der Waals surface area contributed by atoms with Crippen LogP contribution in [0.3, 0.4) is 0 Å². The molecule has 98 valence electrons. The average molecular weight is 241 g/mol. The van der Waals surface area contributed by atoms with E-state index in [9.17, 15) is 4.79 Å². The molecule has 5 nitrogen and oxygen atoms in total. The molecule has 2 aliphatic rings. The Labute approximate surface area is 103 Å². The Kier molecular flexibility index (Phi) is 3.08. The second kappa shape index (κ2) is 4.14. The molecule has 0 atom stereocenters. The summed E-state index contributed by atoms with van der Waals surface area (Å²) < 4.78 is 5.41. The van der Waals surface area contributed by atoms with E-state index in [0.717, 1.165) is 32.6 Å². The van der Waals surface area contributed by atoms with Crippen molar-refractivity contribution < 1.29 is 9.53 Å². The summed E-state index contributed by atoms with van der Waals surface area (Å²) in [5, 5.41) is 1.82. The summed E-state index contributed by atoms with van der Waals surface area (Å²) in [6.45, 7) is 9.08. The van der Waals surface area contributed by atoms with Gasteiger partial charge in [-0.2, -0.15) is 0 Å². The number of nitrogens with zero attached hydrogens (tertiary/aromatic N) is 2. The van der Waals surface area contributed by atoms with Gasteiger partial charge in [-0.05, 0) is 33.6 Å². The molecule has 0 aromatic heterocycles. The van der Waals surface area contributed by atoms with Gasteiger partial charge >= 0.3 is 6.09 Å². The highest BCUT2D eigenvalue weighted by Gasteiger charge is 2.46. The predicted octanol–water partition coefficient (Wildman–Crippen LogP) is 1.19. The Morgan fingerprint density at radius 2 is 1.94 bits per heavy atom. The molecule has 1 spiro atoms. The predicted molar refractivity (Wildman–Crippen MR) is 65.2 cm³/mol. The van der Waals surface area contributed by atoms with E-state index >= 15 is 0 Å². The molecule has 0 unspecified atom stereocenters. The van der Waals surface area contributed by atoms with Crippen molar-refractivity contribution in [2.75, 3.05) is 26.2 Å². The normalized spacial score (nSPS) is 24.6. The van der Waals surface area contributed by atoms with Gasteiger partial charge < -0.3 is 9.64 Å². The highest BCUT2D eigenvalue weighted by atomic mass is 16.6. The van der Waals surface area contributed by atoms with Gasteiger partial charge in [-0.25, -0.2) is 9.80 Å². The number of piperidine rings is 1. The molecule has 2 saturated heterocycles. The molecule has 1 amide bonds. The average Bonchev–Trinajstić information content (AvgIpc) is 2.13. The second-order valence-corrected chi connectivity index (χ2v) is 6.41. The third kappa shape index (κ3) is 2.90. The molecule has 0 bridgehead atoms. The van der Waals surface area contributed by atoms with Gasteiger partial charge in [0.1, 0.15) is 5.60 Å². The van der Waals surface area contributed by atoms with Gasteiger partial charge in [0.05, 0.1) is 0 Å². The van der Waals surface area contributed by atoms with Crippen LogP contribution in [0.1, 0.15) is 33.6 Å². The molecule has 0 aromatic rings. The fourth-order valence-corrected chi connectivity index (χ4v) is 2.76. The molecule has 0 aliphatic carbocycles. The molecular formula is C12H23N3O2. The maximum atomic E-state index is 12.0. The first kappa shape index (κ1) is 12.6. The smallest absolute Gasteiger partial charge is 0.410 e. The molecule has 17 heavy (non-hydrogen) atoms. The molecule has 2 rings (SSSR count). The summed E-state index contributed by atoms with van der Waals surface area (Å²) in [6.07, 6.45) is 2.03. The molecule has 2 N–H and O–H groups in total. The standard InChI is InChI=1S/C12H23N3O2/c1-11(2,3)17-10(16)14-6-4-5-12(7-14)8-15(13)9-12/h4-9,13H2,1-3H3. The Bertz CT molecular complexity index is 300. The largest absolute Gasteiger partial charge is 0.444 e. The van der Waals surface area contributed by atoms with Crippen LogP contribution in [0.15, 0.2) is 0 Å². The molecule has 0 aromatic carbocycles. The van der Waals surface area contributed by atoms with E-state index in [2.05, 4.69) is 0 Å². The summed E-state index contributed by atoms with van der Waals surface area (Å²) in [7, 11) is 0. The summed E-state index contributed by atoms with van der Waals surface area (Å²) in [5.74, 6) is 5.71. The van der Waals surface area contributed by atoms with Gasteiger partial charge in [-0.3, -0.25) is 5.84 Å². The zero-order valence-electron chi connectivity index (χ0n) is 11.0. The van der Waals surface area contributed by atoms with E-state index in [1.807, 2.05) is 30.7 Å². The Hall–Kier alpha value is -0.810. The van der Waals surface area contributed by atoms with Crippen molar-refractivity contribution in [3.8, 4) is 0 Å². The fourth-order valence-electron chi connectivity index (χ4n) is 2.76. The van der Waals surface area contributed by atoms with Crippen LogP contribution in [-0.2, 0) is 4.74 Å². The van der Waals surface area contributed by atoms with Crippen LogP contribution in [0.4, 0.5) is 4.79 Å². The number of hydrogen-bond donors (Lipinski definition) is 1. The first-order valence-electron chi connectivity index (χ1n) is 6.27. The van der Waals surface area contributed by atoms with Crippen LogP contribution < -0.4 is 5.84 Å². The topological polar surface area (TPSA) is 58.8 Å². The number of nitrogens with two attached hydrogens (primary N) is 1. The van der Waals surface area contributed by atoms with Crippen LogP contribution in [0.5, 0.6) is 0 Å². The third-order valence-corrected chi connectivity index (χ3v) is 3.39. The zero-order valence-corrected chi connectivity index (χ0v) is 11.0. The molecule has 0 saturated carbocycles. The zero-order chi connectivity index (χ0) is 12.7. The first-order chi connectivity index (χ1) is 7.80. The quantitative estimate of drug-likeness (QED) is 0.647. The highest BCUT2D eigenvalue weighted by molar-refractivity contribution is 5.68. The van der Waals surface area contributed by atoms with Gasteiger partial charge in [-0.15, -0.1) is 0 Å². The number of hydrazine groups is 1. The number of amides is 1. The maximum absolute atomic E-state index is 12.0. The van der Waals surface area contributed by atoms with Gasteiger partial charge in [-0.1, -0.05) is 0 Å². The number of carbonyl (C=O) groups is 1. The molecule has 5 heteroatoms. The lowest BCUT2D eigenvalue weighted by molar-refractivity contribution is -0.0604. The van der Waals surface area contributed by atoms with Crippen molar-refractivity contribution in [3.05, 3.63) is 0 Å². The van der Waals surface area contributed by atoms with Crippen molar-refractivity contribution in [3.63, 3.8) is 0 Å². The summed E-state index contributed by atoms with van der Waals surface area (Å²) in [4.78, 5) is 13.8. The van der Waals surface area contributed by atoms with E-state index < -0.39 is 5.60 Å². The van der Waals surface area contributed by atoms with Crippen LogP contribution in [-0.4, -0.2) is 47.8 Å². The molecular weight excluding hydrogens is 218 g/mol. The summed E-state index contributed by atoms with van der Waals surface area (Å²) in [5.41, 5.74) is -0.189. The van der Waals surface area contributed by atoms with Crippen LogP contribution in [0, 0.1) is 5.41 Å². The maximum Gasteiger partial charge on any atom is 0.410 e. The van der Waals surface area contributed by atoms with Crippen molar-refractivity contribution in [1.82, 2.24) is 9.91 Å². The van der Waals surface area contributed by atoms with E-state index in [1.165, 1.54) is 6.42 Å². The minimum Gasteiger partial charge on any atom is -0.444 e. The summed E-state index contributed by atoms with van der Waals surface area (Å²) in [6, 6.07) is 0. The van der Waals surface area contributed by atoms with Gasteiger partial charge in [0.2, 0.25) is 0 Å². The number of rotatable bonds is 0. The van der Waals surface area contributed by atoms with Gasteiger partial charge in [0.15, 0.2) is 0 Å². The van der Waals surface area contributed by atoms with E-state index in [0.29, 0.717) is 0 Å². The number of hydrogen-bond acceptors (Lipinski definition) is 4. The third-order valence-electron chi connectivity index (χ3n) is 3.39. The number of likely N-dealkylation sites (tertiary alicyclic amines) is 1. The fraction of sp³-hybridized carbons (Fsp3) is 0.917. The Morgan fingerprint density at radius 1 is 1.29 bits per heavy atom. The molecule has 2 aliphatic heterocycles. The van der Waals surface area contributed by atoms with Crippen molar-refractivity contribution in [1.29, 1.82) is 0 Å². The Morgan fingerprint density at radius 3 is 2.47 bits per heavy atom. The van der Waals surface area contributed by atoms with E-state index in [1.54, 1.807) is 0 Å². The van der Waals surface area contributed by atoms with Crippen molar-refractivity contribution >= 4 is 6.09 Å². The highest BCUT2D eigenvalue weighted by Crippen LogP contribution is 2.37. The lowest BCUT2D eigenvalue weighted by Crippen LogP contribution is -2.65. The second-order valence-electron chi connectivity index (χ2n) is 6.41. The van der Waals surface area contributed by atoms with Crippen molar-refractivity contribution in [2.45, 2.75) is 39.2 Å². The van der Waals surface area contributed by atoms with E-state index in [-0.39, 0.29) is 11.5 Å². The molecule has 0 radical (unpaired) electrons. The number of carbonyl (C=O) groups excluding carboxylic acids is 1. The first-order valence-corrected chi connectivity index (χ1v) is 6.27. The minimum atomic E-state index is -0.415. The lowest BCUT2D eigenvalue weighted by Gasteiger charge is -2.52. The van der Waals surface area contributed by atoms with Crippen molar-refractivity contribution in [2.24, 2.45) is 11.3 Å². The summed E-state index contributed by atoms with van der Waals surface area (Å²) >= 11 is 0. The lowest BCUT2D eigenvalue weighted by atomic mass is 9.74.